The average molecular weight is 380 g/mol. The van der Waals surface area contributed by atoms with E-state index in [1.807, 2.05) is 0 Å². The summed E-state index contributed by atoms with van der Waals surface area (Å²) < 4.78 is 23.7. The first-order valence-electron chi connectivity index (χ1n) is 8.82. The van der Waals surface area contributed by atoms with Crippen molar-refractivity contribution in [1.82, 2.24) is 10.1 Å². The molecule has 0 radical (unpaired) electrons. The molecule has 2 aromatic carbocycles. The lowest BCUT2D eigenvalue weighted by molar-refractivity contribution is -0.131. The number of nitrogens with zero attached hydrogens (tertiary/aromatic N) is 2. The Morgan fingerprint density at radius 1 is 1.18 bits per heavy atom. The molecule has 0 unspecified atom stereocenters. The molecule has 1 aromatic heterocycles. The van der Waals surface area contributed by atoms with Crippen LogP contribution in [0.5, 0.6) is 5.75 Å². The molecule has 0 atom stereocenters. The summed E-state index contributed by atoms with van der Waals surface area (Å²) in [6.07, 6.45) is 0.584. The molecule has 1 aliphatic heterocycles. The number of hydrogen-bond donors (Lipinski definition) is 0. The average Bonchev–Trinajstić information content (AvgIpc) is 3.11. The van der Waals surface area contributed by atoms with Crippen LogP contribution in [0.1, 0.15) is 28.5 Å². The summed E-state index contributed by atoms with van der Waals surface area (Å²) in [5.41, 5.74) is 2.81. The highest BCUT2D eigenvalue weighted by atomic mass is 19.1. The van der Waals surface area contributed by atoms with Gasteiger partial charge < -0.3 is 14.2 Å². The smallest absolute Gasteiger partial charge is 0.308 e. The van der Waals surface area contributed by atoms with E-state index in [0.717, 1.165) is 11.1 Å². The van der Waals surface area contributed by atoms with E-state index in [9.17, 15) is 14.0 Å². The SMILES string of the molecule is CC(=O)Oc1cccc(C(=O)N2CCc3c(noc3-c3ccc(F)cc3)C2)c1. The summed E-state index contributed by atoms with van der Waals surface area (Å²) in [6, 6.07) is 12.6. The molecular weight excluding hydrogens is 363 g/mol. The van der Waals surface area contributed by atoms with Crippen LogP contribution in [0, 0.1) is 5.82 Å². The van der Waals surface area contributed by atoms with Crippen LogP contribution in [0.2, 0.25) is 0 Å². The molecule has 4 rings (SSSR count). The molecular formula is C21H17FN2O4. The number of carbonyl (C=O) groups is 2. The van der Waals surface area contributed by atoms with E-state index in [1.165, 1.54) is 19.1 Å². The third-order valence-corrected chi connectivity index (χ3v) is 4.58. The van der Waals surface area contributed by atoms with Crippen molar-refractivity contribution in [3.05, 3.63) is 71.2 Å². The van der Waals surface area contributed by atoms with Crippen molar-refractivity contribution in [3.8, 4) is 17.1 Å². The van der Waals surface area contributed by atoms with Crippen molar-refractivity contribution in [2.75, 3.05) is 6.54 Å². The van der Waals surface area contributed by atoms with E-state index < -0.39 is 5.97 Å². The topological polar surface area (TPSA) is 72.6 Å². The van der Waals surface area contributed by atoms with E-state index in [-0.39, 0.29) is 11.7 Å². The van der Waals surface area contributed by atoms with Gasteiger partial charge in [-0.2, -0.15) is 0 Å². The standard InChI is InChI=1S/C21H17FN2O4/c1-13(25)27-17-4-2-3-15(11-17)21(26)24-10-9-18-19(12-24)23-28-20(18)14-5-7-16(22)8-6-14/h2-8,11H,9-10,12H2,1H3. The molecule has 142 valence electrons. The molecule has 0 fully saturated rings. The third kappa shape index (κ3) is 3.51. The first-order chi connectivity index (χ1) is 13.5. The molecule has 7 heteroatoms. The molecule has 0 aliphatic carbocycles. The second-order valence-corrected chi connectivity index (χ2v) is 6.54. The molecule has 0 saturated carbocycles. The number of esters is 1. The zero-order valence-electron chi connectivity index (χ0n) is 15.1. The highest BCUT2D eigenvalue weighted by Gasteiger charge is 2.28. The van der Waals surface area contributed by atoms with Gasteiger partial charge in [-0.25, -0.2) is 4.39 Å². The summed E-state index contributed by atoms with van der Waals surface area (Å²) in [5, 5.41) is 4.11. The predicted octanol–water partition coefficient (Wildman–Crippen LogP) is 3.60. The fourth-order valence-corrected chi connectivity index (χ4v) is 3.27. The first-order valence-corrected chi connectivity index (χ1v) is 8.82. The van der Waals surface area contributed by atoms with Gasteiger partial charge in [0.25, 0.3) is 5.91 Å². The van der Waals surface area contributed by atoms with Crippen molar-refractivity contribution < 1.29 is 23.2 Å². The number of rotatable bonds is 3. The number of hydrogen-bond acceptors (Lipinski definition) is 5. The Labute approximate surface area is 160 Å². The molecule has 28 heavy (non-hydrogen) atoms. The van der Waals surface area contributed by atoms with Crippen molar-refractivity contribution in [2.45, 2.75) is 19.9 Å². The number of ether oxygens (including phenoxy) is 1. The highest BCUT2D eigenvalue weighted by Crippen LogP contribution is 2.31. The largest absolute Gasteiger partial charge is 0.427 e. The number of benzene rings is 2. The van der Waals surface area contributed by atoms with Gasteiger partial charge in [-0.15, -0.1) is 0 Å². The van der Waals surface area contributed by atoms with Crippen LogP contribution in [0.25, 0.3) is 11.3 Å². The van der Waals surface area contributed by atoms with Crippen molar-refractivity contribution >= 4 is 11.9 Å². The quantitative estimate of drug-likeness (QED) is 0.513. The van der Waals surface area contributed by atoms with Gasteiger partial charge in [-0.05, 0) is 48.9 Å². The molecule has 0 bridgehead atoms. The summed E-state index contributed by atoms with van der Waals surface area (Å²) in [6.45, 7) is 2.12. The number of fused-ring (bicyclic) bond motifs is 1. The van der Waals surface area contributed by atoms with Gasteiger partial charge in [-0.3, -0.25) is 9.59 Å². The van der Waals surface area contributed by atoms with Crippen molar-refractivity contribution in [3.63, 3.8) is 0 Å². The van der Waals surface area contributed by atoms with E-state index in [2.05, 4.69) is 5.16 Å². The number of aromatic nitrogens is 1. The fraction of sp³-hybridized carbons (Fsp3) is 0.190. The molecule has 2 heterocycles. The van der Waals surface area contributed by atoms with Crippen LogP contribution >= 0.6 is 0 Å². The van der Waals surface area contributed by atoms with Crippen LogP contribution in [-0.2, 0) is 17.8 Å². The Bertz CT molecular complexity index is 1040. The lowest BCUT2D eigenvalue weighted by Gasteiger charge is -2.26. The minimum atomic E-state index is -0.442. The zero-order chi connectivity index (χ0) is 19.7. The maximum absolute atomic E-state index is 13.1. The normalized spacial score (nSPS) is 13.1. The second-order valence-electron chi connectivity index (χ2n) is 6.54. The van der Waals surface area contributed by atoms with E-state index in [4.69, 9.17) is 9.26 Å². The molecule has 0 spiro atoms. The van der Waals surface area contributed by atoms with Crippen LogP contribution in [0.4, 0.5) is 4.39 Å². The number of carbonyl (C=O) groups excluding carboxylic acids is 2. The molecule has 6 nitrogen and oxygen atoms in total. The fourth-order valence-electron chi connectivity index (χ4n) is 3.27. The van der Waals surface area contributed by atoms with Gasteiger partial charge in [0, 0.05) is 30.2 Å². The summed E-state index contributed by atoms with van der Waals surface area (Å²) in [7, 11) is 0. The van der Waals surface area contributed by atoms with Gasteiger partial charge >= 0.3 is 5.97 Å². The van der Waals surface area contributed by atoms with Crippen molar-refractivity contribution in [2.24, 2.45) is 0 Å². The van der Waals surface area contributed by atoms with Gasteiger partial charge in [0.15, 0.2) is 5.76 Å². The Kier molecular flexibility index (Phi) is 4.65. The van der Waals surface area contributed by atoms with Gasteiger partial charge in [-0.1, -0.05) is 11.2 Å². The second kappa shape index (κ2) is 7.26. The van der Waals surface area contributed by atoms with Crippen LogP contribution in [-0.4, -0.2) is 28.5 Å². The van der Waals surface area contributed by atoms with E-state index >= 15 is 0 Å². The minimum Gasteiger partial charge on any atom is -0.427 e. The molecule has 1 aliphatic rings. The van der Waals surface area contributed by atoms with Crippen LogP contribution in [0.3, 0.4) is 0 Å². The zero-order valence-corrected chi connectivity index (χ0v) is 15.1. The number of halogens is 1. The third-order valence-electron chi connectivity index (χ3n) is 4.58. The summed E-state index contributed by atoms with van der Waals surface area (Å²) in [5.74, 6) is 0.00837. The minimum absolute atomic E-state index is 0.175. The highest BCUT2D eigenvalue weighted by molar-refractivity contribution is 5.95. The van der Waals surface area contributed by atoms with E-state index in [0.29, 0.717) is 42.3 Å². The Hall–Kier alpha value is -3.48. The Morgan fingerprint density at radius 3 is 2.71 bits per heavy atom. The number of amides is 1. The summed E-state index contributed by atoms with van der Waals surface area (Å²) >= 11 is 0. The Morgan fingerprint density at radius 2 is 1.96 bits per heavy atom. The lowest BCUT2D eigenvalue weighted by atomic mass is 10.00. The lowest BCUT2D eigenvalue weighted by Crippen LogP contribution is -2.36. The predicted molar refractivity (Wildman–Crippen MR) is 98.1 cm³/mol. The monoisotopic (exact) mass is 380 g/mol. The van der Waals surface area contributed by atoms with E-state index in [1.54, 1.807) is 41.3 Å². The van der Waals surface area contributed by atoms with Gasteiger partial charge in [0.05, 0.1) is 6.54 Å². The molecule has 3 aromatic rings. The van der Waals surface area contributed by atoms with Crippen LogP contribution in [0.15, 0.2) is 53.1 Å². The Balaban J connectivity index is 1.54. The maximum Gasteiger partial charge on any atom is 0.308 e. The van der Waals surface area contributed by atoms with Gasteiger partial charge in [0.2, 0.25) is 0 Å². The molecule has 0 saturated heterocycles. The van der Waals surface area contributed by atoms with Crippen LogP contribution < -0.4 is 4.74 Å². The molecule has 1 amide bonds. The molecule has 0 N–H and O–H groups in total. The summed E-state index contributed by atoms with van der Waals surface area (Å²) in [4.78, 5) is 25.6. The first kappa shape index (κ1) is 17.9. The van der Waals surface area contributed by atoms with Crippen molar-refractivity contribution in [1.29, 1.82) is 0 Å². The maximum atomic E-state index is 13.1. The van der Waals surface area contributed by atoms with Gasteiger partial charge in [0.1, 0.15) is 17.3 Å².